The average Bonchev–Trinajstić information content (AvgIpc) is 2.53. The van der Waals surface area contributed by atoms with Gasteiger partial charge in [-0.1, -0.05) is 12.1 Å². The van der Waals surface area contributed by atoms with Crippen molar-refractivity contribution in [1.29, 1.82) is 0 Å². The van der Waals surface area contributed by atoms with E-state index in [1.54, 1.807) is 19.0 Å². The first-order valence-corrected chi connectivity index (χ1v) is 6.95. The Balaban J connectivity index is 1.96. The third-order valence-electron chi connectivity index (χ3n) is 3.58. The van der Waals surface area contributed by atoms with Crippen molar-refractivity contribution in [1.82, 2.24) is 25.4 Å². The summed E-state index contributed by atoms with van der Waals surface area (Å²) in [5.41, 5.74) is 1.55. The zero-order valence-electron chi connectivity index (χ0n) is 12.2. The SMILES string of the molecule is CN(C)C(=O)C1CNCCN1c1nnc2ccccc2n1. The van der Waals surface area contributed by atoms with Gasteiger partial charge >= 0.3 is 0 Å². The number of hydrogen-bond acceptors (Lipinski definition) is 6. The number of para-hydroxylation sites is 1. The van der Waals surface area contributed by atoms with E-state index < -0.39 is 0 Å². The Kier molecular flexibility index (Phi) is 3.66. The van der Waals surface area contributed by atoms with Crippen molar-refractivity contribution in [3.8, 4) is 0 Å². The van der Waals surface area contributed by atoms with Crippen LogP contribution in [-0.2, 0) is 4.79 Å². The summed E-state index contributed by atoms with van der Waals surface area (Å²) in [6.07, 6.45) is 0. The first-order valence-electron chi connectivity index (χ1n) is 6.95. The molecule has 1 N–H and O–H groups in total. The number of amides is 1. The van der Waals surface area contributed by atoms with E-state index in [1.165, 1.54) is 0 Å². The van der Waals surface area contributed by atoms with E-state index in [4.69, 9.17) is 0 Å². The van der Waals surface area contributed by atoms with Gasteiger partial charge in [0.05, 0.1) is 5.52 Å². The molecule has 1 saturated heterocycles. The Morgan fingerprint density at radius 1 is 1.29 bits per heavy atom. The second-order valence-corrected chi connectivity index (χ2v) is 5.25. The molecule has 0 spiro atoms. The molecule has 0 saturated carbocycles. The van der Waals surface area contributed by atoms with Gasteiger partial charge in [-0.15, -0.1) is 10.2 Å². The molecule has 2 heterocycles. The number of fused-ring (bicyclic) bond motifs is 1. The maximum atomic E-state index is 12.3. The Bertz CT molecular complexity index is 659. The second kappa shape index (κ2) is 5.61. The predicted octanol–water partition coefficient (Wildman–Crippen LogP) is -0.109. The molecule has 7 heteroatoms. The third-order valence-corrected chi connectivity index (χ3v) is 3.58. The van der Waals surface area contributed by atoms with Crippen molar-refractivity contribution < 1.29 is 4.79 Å². The van der Waals surface area contributed by atoms with Gasteiger partial charge in [-0.3, -0.25) is 4.79 Å². The molecule has 7 nitrogen and oxygen atoms in total. The molecule has 1 amide bonds. The minimum atomic E-state index is -0.295. The lowest BCUT2D eigenvalue weighted by molar-refractivity contribution is -0.130. The fourth-order valence-corrected chi connectivity index (χ4v) is 2.46. The van der Waals surface area contributed by atoms with Gasteiger partial charge in [0.1, 0.15) is 11.6 Å². The van der Waals surface area contributed by atoms with Crippen LogP contribution in [0, 0.1) is 0 Å². The summed E-state index contributed by atoms with van der Waals surface area (Å²) < 4.78 is 0. The quantitative estimate of drug-likeness (QED) is 0.830. The number of carbonyl (C=O) groups is 1. The monoisotopic (exact) mass is 286 g/mol. The summed E-state index contributed by atoms with van der Waals surface area (Å²) >= 11 is 0. The van der Waals surface area contributed by atoms with Crippen LogP contribution in [0.15, 0.2) is 24.3 Å². The minimum Gasteiger partial charge on any atom is -0.347 e. The van der Waals surface area contributed by atoms with Gasteiger partial charge in [-0.25, -0.2) is 4.98 Å². The van der Waals surface area contributed by atoms with Gasteiger partial charge in [0.25, 0.3) is 0 Å². The molecule has 1 fully saturated rings. The van der Waals surface area contributed by atoms with Crippen molar-refractivity contribution in [3.05, 3.63) is 24.3 Å². The number of anilines is 1. The Hall–Kier alpha value is -2.28. The van der Waals surface area contributed by atoms with E-state index in [2.05, 4.69) is 20.5 Å². The summed E-state index contributed by atoms with van der Waals surface area (Å²) in [6, 6.07) is 7.30. The molecular formula is C14H18N6O. The van der Waals surface area contributed by atoms with Crippen LogP contribution in [0.25, 0.3) is 11.0 Å². The molecule has 1 aliphatic rings. The first kappa shape index (κ1) is 13.7. The summed E-state index contributed by atoms with van der Waals surface area (Å²) in [5, 5.41) is 11.6. The van der Waals surface area contributed by atoms with E-state index in [9.17, 15) is 4.79 Å². The number of nitrogens with zero attached hydrogens (tertiary/aromatic N) is 5. The summed E-state index contributed by atoms with van der Waals surface area (Å²) in [7, 11) is 3.52. The first-order chi connectivity index (χ1) is 10.2. The van der Waals surface area contributed by atoms with E-state index in [1.807, 2.05) is 29.2 Å². The number of nitrogens with one attached hydrogen (secondary N) is 1. The summed E-state index contributed by atoms with van der Waals surface area (Å²) in [4.78, 5) is 20.4. The molecule has 1 aliphatic heterocycles. The number of carbonyl (C=O) groups excluding carboxylic acids is 1. The molecule has 1 atom stereocenters. The number of piperazine rings is 1. The fourth-order valence-electron chi connectivity index (χ4n) is 2.46. The highest BCUT2D eigenvalue weighted by molar-refractivity contribution is 5.85. The van der Waals surface area contributed by atoms with Crippen LogP contribution in [0.2, 0.25) is 0 Å². The third kappa shape index (κ3) is 2.64. The fraction of sp³-hybridized carbons (Fsp3) is 0.429. The molecule has 0 bridgehead atoms. The van der Waals surface area contributed by atoms with Crippen molar-refractivity contribution in [2.75, 3.05) is 38.6 Å². The maximum absolute atomic E-state index is 12.3. The number of benzene rings is 1. The van der Waals surface area contributed by atoms with Crippen LogP contribution in [0.1, 0.15) is 0 Å². The Morgan fingerprint density at radius 3 is 2.81 bits per heavy atom. The van der Waals surface area contributed by atoms with Crippen molar-refractivity contribution in [2.45, 2.75) is 6.04 Å². The van der Waals surface area contributed by atoms with Gasteiger partial charge in [0.15, 0.2) is 0 Å². The molecule has 1 aromatic heterocycles. The summed E-state index contributed by atoms with van der Waals surface area (Å²) in [6.45, 7) is 2.07. The maximum Gasteiger partial charge on any atom is 0.246 e. The highest BCUT2D eigenvalue weighted by Crippen LogP contribution is 2.16. The van der Waals surface area contributed by atoms with Crippen LogP contribution in [0.3, 0.4) is 0 Å². The molecule has 21 heavy (non-hydrogen) atoms. The second-order valence-electron chi connectivity index (χ2n) is 5.25. The van der Waals surface area contributed by atoms with Crippen molar-refractivity contribution >= 4 is 22.9 Å². The number of rotatable bonds is 2. The molecule has 0 aliphatic carbocycles. The van der Waals surface area contributed by atoms with Crippen LogP contribution in [0.4, 0.5) is 5.95 Å². The highest BCUT2D eigenvalue weighted by atomic mass is 16.2. The van der Waals surface area contributed by atoms with Crippen molar-refractivity contribution in [3.63, 3.8) is 0 Å². The standard InChI is InChI=1S/C14H18N6O/c1-19(2)13(21)12-9-15-7-8-20(12)14-16-10-5-3-4-6-11(10)17-18-14/h3-6,12,15H,7-9H2,1-2H3. The molecule has 0 radical (unpaired) electrons. The largest absolute Gasteiger partial charge is 0.347 e. The molecule has 3 rings (SSSR count). The van der Waals surface area contributed by atoms with Crippen molar-refractivity contribution in [2.24, 2.45) is 0 Å². The lowest BCUT2D eigenvalue weighted by Crippen LogP contribution is -2.58. The molecule has 1 aromatic carbocycles. The van der Waals surface area contributed by atoms with Crippen LogP contribution >= 0.6 is 0 Å². The van der Waals surface area contributed by atoms with Gasteiger partial charge in [-0.2, -0.15) is 0 Å². The summed E-state index contributed by atoms with van der Waals surface area (Å²) in [5.74, 6) is 0.550. The van der Waals surface area contributed by atoms with Gasteiger partial charge in [0.2, 0.25) is 11.9 Å². The molecule has 1 unspecified atom stereocenters. The molecule has 110 valence electrons. The zero-order valence-corrected chi connectivity index (χ0v) is 12.2. The lowest BCUT2D eigenvalue weighted by Gasteiger charge is -2.36. The minimum absolute atomic E-state index is 0.0407. The smallest absolute Gasteiger partial charge is 0.246 e. The van der Waals surface area contributed by atoms with E-state index in [-0.39, 0.29) is 11.9 Å². The lowest BCUT2D eigenvalue weighted by atomic mass is 10.2. The zero-order chi connectivity index (χ0) is 14.8. The average molecular weight is 286 g/mol. The Labute approximate surface area is 123 Å². The number of likely N-dealkylation sites (N-methyl/N-ethyl adjacent to an activating group) is 1. The van der Waals surface area contributed by atoms with E-state index in [0.29, 0.717) is 19.0 Å². The predicted molar refractivity (Wildman–Crippen MR) is 80.0 cm³/mol. The molecule has 2 aromatic rings. The normalized spacial score (nSPS) is 18.8. The van der Waals surface area contributed by atoms with Gasteiger partial charge < -0.3 is 15.1 Å². The van der Waals surface area contributed by atoms with E-state index in [0.717, 1.165) is 17.6 Å². The number of hydrogen-bond donors (Lipinski definition) is 1. The van der Waals surface area contributed by atoms with Crippen LogP contribution in [0.5, 0.6) is 0 Å². The topological polar surface area (TPSA) is 74.2 Å². The molecular weight excluding hydrogens is 268 g/mol. The van der Waals surface area contributed by atoms with Gasteiger partial charge in [-0.05, 0) is 12.1 Å². The highest BCUT2D eigenvalue weighted by Gasteiger charge is 2.31. The number of aromatic nitrogens is 3. The van der Waals surface area contributed by atoms with Crippen LogP contribution in [-0.4, -0.2) is 65.8 Å². The Morgan fingerprint density at radius 2 is 2.05 bits per heavy atom. The van der Waals surface area contributed by atoms with Crippen LogP contribution < -0.4 is 10.2 Å². The van der Waals surface area contributed by atoms with Gasteiger partial charge in [0, 0.05) is 33.7 Å². The van der Waals surface area contributed by atoms with E-state index >= 15 is 0 Å².